The molecule has 0 spiro atoms. The summed E-state index contributed by atoms with van der Waals surface area (Å²) in [6, 6.07) is 8.02. The first-order valence-electron chi connectivity index (χ1n) is 5.12. The summed E-state index contributed by atoms with van der Waals surface area (Å²) in [6.45, 7) is 3.44. The molecular weight excluding hydrogens is 260 g/mol. The number of ether oxygens (including phenoxy) is 1. The van der Waals surface area contributed by atoms with Crippen LogP contribution in [0.3, 0.4) is 0 Å². The summed E-state index contributed by atoms with van der Waals surface area (Å²) in [4.78, 5) is 11.5. The number of hydrogen-bond acceptors (Lipinski definition) is 5. The first-order valence-corrected chi connectivity index (χ1v) is 8.00. The maximum absolute atomic E-state index is 11.9. The van der Waals surface area contributed by atoms with Crippen molar-refractivity contribution in [2.45, 2.75) is 24.0 Å². The van der Waals surface area contributed by atoms with Crippen LogP contribution in [0, 0.1) is 0 Å². The zero-order valence-electron chi connectivity index (χ0n) is 9.62. The van der Waals surface area contributed by atoms with Crippen LogP contribution in [0.4, 0.5) is 0 Å². The fraction of sp³-hybridized carbons (Fsp3) is 0.364. The van der Waals surface area contributed by atoms with E-state index in [1.54, 1.807) is 25.1 Å². The Kier molecular flexibility index (Phi) is 5.02. The van der Waals surface area contributed by atoms with Gasteiger partial charge in [-0.05, 0) is 36.8 Å². The summed E-state index contributed by atoms with van der Waals surface area (Å²) in [5, 5.41) is -0.736. The van der Waals surface area contributed by atoms with Crippen LogP contribution in [-0.2, 0) is 18.4 Å². The predicted molar refractivity (Wildman–Crippen MR) is 67.3 cm³/mol. The number of benzene rings is 1. The lowest BCUT2D eigenvalue weighted by atomic mass is 10.4. The van der Waals surface area contributed by atoms with Gasteiger partial charge in [0, 0.05) is 0 Å². The average molecular weight is 274 g/mol. The fourth-order valence-electron chi connectivity index (χ4n) is 1.13. The highest BCUT2D eigenvalue weighted by Crippen LogP contribution is 2.27. The Morgan fingerprint density at radius 1 is 1.35 bits per heavy atom. The third-order valence-electron chi connectivity index (χ3n) is 1.92. The molecule has 0 N–H and O–H groups in total. The van der Waals surface area contributed by atoms with Crippen LogP contribution in [-0.4, -0.2) is 26.2 Å². The summed E-state index contributed by atoms with van der Waals surface area (Å²) < 4.78 is 28.6. The molecule has 0 saturated carbocycles. The Labute approximate surface area is 105 Å². The van der Waals surface area contributed by atoms with E-state index in [1.807, 2.05) is 0 Å². The smallest absolute Gasteiger partial charge is 0.319 e. The molecule has 1 atom stereocenters. The number of carbonyl (C=O) groups excluding carboxylic acids is 1. The summed E-state index contributed by atoms with van der Waals surface area (Å²) in [6.07, 6.45) is 0. The molecule has 0 fully saturated rings. The summed E-state index contributed by atoms with van der Waals surface area (Å²) >= 11 is 0. The molecule has 6 heteroatoms. The van der Waals surface area contributed by atoms with Crippen molar-refractivity contribution in [3.05, 3.63) is 30.3 Å². The largest absolute Gasteiger partial charge is 0.465 e. The molecule has 0 radical (unpaired) electrons. The van der Waals surface area contributed by atoms with Gasteiger partial charge in [-0.1, -0.05) is 18.2 Å². The van der Waals surface area contributed by atoms with E-state index in [4.69, 9.17) is 4.74 Å². The molecular formula is C11H14O4S2. The van der Waals surface area contributed by atoms with Gasteiger partial charge >= 0.3 is 5.97 Å². The zero-order valence-corrected chi connectivity index (χ0v) is 11.3. The van der Waals surface area contributed by atoms with E-state index >= 15 is 0 Å². The highest BCUT2D eigenvalue weighted by Gasteiger charge is 2.24. The zero-order chi connectivity index (χ0) is 12.9. The predicted octanol–water partition coefficient (Wildman–Crippen LogP) is 2.06. The Bertz CT molecular complexity index is 468. The molecule has 0 aliphatic rings. The van der Waals surface area contributed by atoms with Gasteiger partial charge in [-0.2, -0.15) is 0 Å². The monoisotopic (exact) mass is 274 g/mol. The first-order chi connectivity index (χ1) is 7.97. The van der Waals surface area contributed by atoms with Crippen molar-refractivity contribution in [1.82, 2.24) is 0 Å². The minimum atomic E-state index is -3.51. The Hall–Kier alpha value is -1.01. The van der Waals surface area contributed by atoms with Crippen molar-refractivity contribution in [3.63, 3.8) is 0 Å². The molecule has 0 heterocycles. The van der Waals surface area contributed by atoms with E-state index in [0.717, 1.165) is 0 Å². The number of esters is 1. The number of hydrogen-bond donors (Lipinski definition) is 0. The van der Waals surface area contributed by atoms with Crippen molar-refractivity contribution < 1.29 is 17.9 Å². The second kappa shape index (κ2) is 6.07. The van der Waals surface area contributed by atoms with E-state index < -0.39 is 20.1 Å². The first kappa shape index (κ1) is 14.1. The topological polar surface area (TPSA) is 60.4 Å². The maximum atomic E-state index is 11.9. The Morgan fingerprint density at radius 3 is 2.47 bits per heavy atom. The molecule has 94 valence electrons. The third kappa shape index (κ3) is 4.05. The fourth-order valence-corrected chi connectivity index (χ4v) is 4.30. The Morgan fingerprint density at radius 2 is 1.94 bits per heavy atom. The van der Waals surface area contributed by atoms with Gasteiger partial charge in [-0.15, -0.1) is 0 Å². The second-order valence-electron chi connectivity index (χ2n) is 3.26. The molecule has 1 aromatic rings. The van der Waals surface area contributed by atoms with Crippen LogP contribution in [0.1, 0.15) is 13.8 Å². The van der Waals surface area contributed by atoms with Crippen LogP contribution in [0.15, 0.2) is 35.2 Å². The van der Waals surface area contributed by atoms with Crippen LogP contribution < -0.4 is 0 Å². The van der Waals surface area contributed by atoms with Crippen LogP contribution >= 0.6 is 10.8 Å². The molecule has 4 nitrogen and oxygen atoms in total. The molecule has 0 amide bonds. The van der Waals surface area contributed by atoms with E-state index in [0.29, 0.717) is 10.8 Å². The summed E-state index contributed by atoms with van der Waals surface area (Å²) in [5.74, 6) is -0.517. The number of carbonyl (C=O) groups is 1. The molecule has 1 unspecified atom stereocenters. The minimum Gasteiger partial charge on any atom is -0.465 e. The van der Waals surface area contributed by atoms with Crippen molar-refractivity contribution in [2.75, 3.05) is 6.61 Å². The minimum absolute atomic E-state index is 0.196. The summed E-state index contributed by atoms with van der Waals surface area (Å²) in [7, 11) is -2.91. The molecule has 0 aliphatic heterocycles. The third-order valence-corrected chi connectivity index (χ3v) is 5.71. The van der Waals surface area contributed by atoms with Crippen molar-refractivity contribution in [2.24, 2.45) is 0 Å². The molecule has 1 aromatic carbocycles. The van der Waals surface area contributed by atoms with Gasteiger partial charge in [0.15, 0.2) is 0 Å². The highest BCUT2D eigenvalue weighted by atomic mass is 33.1. The summed E-state index contributed by atoms with van der Waals surface area (Å²) in [5.41, 5.74) is 0. The van der Waals surface area contributed by atoms with E-state index in [1.165, 1.54) is 19.1 Å². The second-order valence-corrected chi connectivity index (χ2v) is 7.43. The van der Waals surface area contributed by atoms with E-state index in [-0.39, 0.29) is 11.5 Å². The van der Waals surface area contributed by atoms with Gasteiger partial charge in [0.1, 0.15) is 5.25 Å². The van der Waals surface area contributed by atoms with Crippen molar-refractivity contribution in [3.8, 4) is 0 Å². The lowest BCUT2D eigenvalue weighted by molar-refractivity contribution is -0.142. The van der Waals surface area contributed by atoms with Gasteiger partial charge in [-0.25, -0.2) is 8.42 Å². The standard InChI is InChI=1S/C11H14O4S2/c1-3-15-11(12)9(2)16-17(13,14)10-7-5-4-6-8-10/h4-9H,3H2,1-2H3. The van der Waals surface area contributed by atoms with Gasteiger partial charge in [0.25, 0.3) is 0 Å². The quantitative estimate of drug-likeness (QED) is 0.607. The van der Waals surface area contributed by atoms with Gasteiger partial charge in [0.05, 0.1) is 11.5 Å². The average Bonchev–Trinajstić information content (AvgIpc) is 2.30. The molecule has 17 heavy (non-hydrogen) atoms. The van der Waals surface area contributed by atoms with Crippen LogP contribution in [0.2, 0.25) is 0 Å². The van der Waals surface area contributed by atoms with Crippen molar-refractivity contribution in [1.29, 1.82) is 0 Å². The normalized spacial score (nSPS) is 13.1. The van der Waals surface area contributed by atoms with Gasteiger partial charge < -0.3 is 4.74 Å². The maximum Gasteiger partial charge on any atom is 0.319 e. The van der Waals surface area contributed by atoms with Gasteiger partial charge in [-0.3, -0.25) is 4.79 Å². The lowest BCUT2D eigenvalue weighted by Crippen LogP contribution is -2.18. The molecule has 0 aliphatic carbocycles. The van der Waals surface area contributed by atoms with Crippen LogP contribution in [0.25, 0.3) is 0 Å². The lowest BCUT2D eigenvalue weighted by Gasteiger charge is -2.10. The van der Waals surface area contributed by atoms with E-state index in [9.17, 15) is 13.2 Å². The molecule has 0 aromatic heterocycles. The van der Waals surface area contributed by atoms with E-state index in [2.05, 4.69) is 0 Å². The Balaban J connectivity index is 2.78. The molecule has 1 rings (SSSR count). The van der Waals surface area contributed by atoms with Crippen molar-refractivity contribution >= 4 is 25.6 Å². The molecule has 0 bridgehead atoms. The molecule has 0 saturated heterocycles. The van der Waals surface area contributed by atoms with Gasteiger partial charge in [0.2, 0.25) is 8.87 Å². The highest BCUT2D eigenvalue weighted by molar-refractivity contribution is 8.72. The van der Waals surface area contributed by atoms with Crippen LogP contribution in [0.5, 0.6) is 0 Å². The number of rotatable bonds is 5. The SMILES string of the molecule is CCOC(=O)C(C)SS(=O)(=O)c1ccccc1.